The lowest BCUT2D eigenvalue weighted by atomic mass is 9.96. The Balaban J connectivity index is 1.51. The third-order valence-corrected chi connectivity index (χ3v) is 6.06. The molecule has 2 aromatic rings. The van der Waals surface area contributed by atoms with Crippen molar-refractivity contribution in [1.29, 1.82) is 5.41 Å². The highest BCUT2D eigenvalue weighted by Gasteiger charge is 2.43. The first-order chi connectivity index (χ1) is 13.8. The van der Waals surface area contributed by atoms with Crippen molar-refractivity contribution in [3.63, 3.8) is 0 Å². The van der Waals surface area contributed by atoms with Crippen LogP contribution < -0.4 is 15.8 Å². The van der Waals surface area contributed by atoms with Gasteiger partial charge in [-0.05, 0) is 30.3 Å². The standard InChI is InChI=1S/C20H18BrClN4O3/c21-13-1-2-16-14(9-13)18(27)25-20(29-16)3-5-26(6-4-20)19(28)11-7-12(10-23)17(24)15(22)8-11/h1-2,7-10,23H,3-6,24H2,(H,25,27). The zero-order valence-corrected chi connectivity index (χ0v) is 17.6. The van der Waals surface area contributed by atoms with Crippen molar-refractivity contribution in [3.8, 4) is 5.75 Å². The molecule has 2 aromatic carbocycles. The number of carbonyl (C=O) groups is 2. The van der Waals surface area contributed by atoms with Crippen molar-refractivity contribution < 1.29 is 14.3 Å². The van der Waals surface area contributed by atoms with Crippen LogP contribution in [0.5, 0.6) is 5.75 Å². The summed E-state index contributed by atoms with van der Waals surface area (Å²) < 4.78 is 6.94. The summed E-state index contributed by atoms with van der Waals surface area (Å²) in [7, 11) is 0. The van der Waals surface area contributed by atoms with Gasteiger partial charge < -0.3 is 26.1 Å². The minimum Gasteiger partial charge on any atom is -0.467 e. The fourth-order valence-electron chi connectivity index (χ4n) is 3.64. The molecular weight excluding hydrogens is 460 g/mol. The summed E-state index contributed by atoms with van der Waals surface area (Å²) in [6.07, 6.45) is 1.99. The van der Waals surface area contributed by atoms with Crippen molar-refractivity contribution in [1.82, 2.24) is 10.2 Å². The summed E-state index contributed by atoms with van der Waals surface area (Å²) in [4.78, 5) is 27.2. The molecular formula is C20H18BrClN4O3. The Morgan fingerprint density at radius 1 is 1.31 bits per heavy atom. The number of nitrogens with one attached hydrogen (secondary N) is 2. The van der Waals surface area contributed by atoms with Crippen LogP contribution in [0.3, 0.4) is 0 Å². The van der Waals surface area contributed by atoms with E-state index in [0.29, 0.717) is 48.4 Å². The van der Waals surface area contributed by atoms with Gasteiger partial charge in [-0.2, -0.15) is 0 Å². The number of hydrogen-bond donors (Lipinski definition) is 3. The first kappa shape index (κ1) is 19.7. The van der Waals surface area contributed by atoms with Gasteiger partial charge in [-0.3, -0.25) is 9.59 Å². The molecule has 2 aliphatic heterocycles. The maximum absolute atomic E-state index is 12.9. The molecule has 2 heterocycles. The number of nitrogen functional groups attached to an aromatic ring is 1. The lowest BCUT2D eigenvalue weighted by molar-refractivity contribution is -0.0245. The molecule has 7 nitrogen and oxygen atoms in total. The first-order valence-electron chi connectivity index (χ1n) is 9.02. The fraction of sp³-hybridized carbons (Fsp3) is 0.250. The van der Waals surface area contributed by atoms with Crippen LogP contribution >= 0.6 is 27.5 Å². The normalized spacial score (nSPS) is 17.3. The molecule has 1 fully saturated rings. The molecule has 0 unspecified atom stereocenters. The summed E-state index contributed by atoms with van der Waals surface area (Å²) in [5.41, 5.74) is 6.54. The van der Waals surface area contributed by atoms with Crippen molar-refractivity contribution in [2.24, 2.45) is 0 Å². The van der Waals surface area contributed by atoms with E-state index >= 15 is 0 Å². The number of anilines is 1. The monoisotopic (exact) mass is 476 g/mol. The third kappa shape index (κ3) is 3.58. The Kier molecular flexibility index (Phi) is 5.00. The molecule has 0 aliphatic carbocycles. The van der Waals surface area contributed by atoms with Gasteiger partial charge in [-0.15, -0.1) is 0 Å². The Bertz CT molecular complexity index is 1030. The SMILES string of the molecule is N=Cc1cc(C(=O)N2CCC3(CC2)NC(=O)c2cc(Br)ccc2O3)cc(Cl)c1N. The number of halogens is 2. The Morgan fingerprint density at radius 2 is 2.03 bits per heavy atom. The summed E-state index contributed by atoms with van der Waals surface area (Å²) in [5, 5.41) is 10.6. The molecule has 0 bridgehead atoms. The molecule has 29 heavy (non-hydrogen) atoms. The summed E-state index contributed by atoms with van der Waals surface area (Å²) >= 11 is 9.46. The molecule has 9 heteroatoms. The average molecular weight is 478 g/mol. The number of nitrogens with two attached hydrogens (primary N) is 1. The van der Waals surface area contributed by atoms with Crippen LogP contribution in [0, 0.1) is 5.41 Å². The van der Waals surface area contributed by atoms with Crippen LogP contribution in [0.1, 0.15) is 39.1 Å². The van der Waals surface area contributed by atoms with E-state index in [9.17, 15) is 9.59 Å². The molecule has 2 aliphatic rings. The van der Waals surface area contributed by atoms with Gasteiger partial charge in [-0.1, -0.05) is 27.5 Å². The zero-order valence-electron chi connectivity index (χ0n) is 15.3. The number of carbonyl (C=O) groups excluding carboxylic acids is 2. The van der Waals surface area contributed by atoms with Gasteiger partial charge in [0.05, 0.1) is 16.3 Å². The molecule has 0 radical (unpaired) electrons. The van der Waals surface area contributed by atoms with E-state index in [2.05, 4.69) is 21.2 Å². The number of amides is 2. The van der Waals surface area contributed by atoms with Crippen LogP contribution in [-0.4, -0.2) is 41.7 Å². The Hall–Kier alpha value is -2.58. The van der Waals surface area contributed by atoms with E-state index in [4.69, 9.17) is 27.5 Å². The highest BCUT2D eigenvalue weighted by atomic mass is 79.9. The number of likely N-dealkylation sites (tertiary alicyclic amines) is 1. The van der Waals surface area contributed by atoms with E-state index in [1.807, 2.05) is 6.07 Å². The van der Waals surface area contributed by atoms with Gasteiger partial charge in [0.2, 0.25) is 0 Å². The molecule has 0 saturated carbocycles. The quantitative estimate of drug-likeness (QED) is 0.455. The number of hydrogen-bond acceptors (Lipinski definition) is 5. The van der Waals surface area contributed by atoms with Crippen LogP contribution in [0.15, 0.2) is 34.8 Å². The van der Waals surface area contributed by atoms with Crippen molar-refractivity contribution >= 4 is 51.2 Å². The van der Waals surface area contributed by atoms with E-state index in [-0.39, 0.29) is 22.5 Å². The predicted octanol–water partition coefficient (Wildman–Crippen LogP) is 3.44. The summed E-state index contributed by atoms with van der Waals surface area (Å²) in [5.74, 6) is 0.155. The Labute approximate surface area is 180 Å². The van der Waals surface area contributed by atoms with Crippen LogP contribution in [0.2, 0.25) is 5.02 Å². The minimum absolute atomic E-state index is 0.187. The average Bonchev–Trinajstić information content (AvgIpc) is 2.71. The Morgan fingerprint density at radius 3 is 2.72 bits per heavy atom. The molecule has 0 atom stereocenters. The fourth-order valence-corrected chi connectivity index (χ4v) is 4.23. The molecule has 4 N–H and O–H groups in total. The second kappa shape index (κ2) is 7.35. The zero-order chi connectivity index (χ0) is 20.8. The minimum atomic E-state index is -0.826. The van der Waals surface area contributed by atoms with Crippen LogP contribution in [0.4, 0.5) is 5.69 Å². The maximum Gasteiger partial charge on any atom is 0.258 e. The van der Waals surface area contributed by atoms with E-state index < -0.39 is 5.72 Å². The second-order valence-electron chi connectivity index (χ2n) is 7.09. The number of fused-ring (bicyclic) bond motifs is 1. The van der Waals surface area contributed by atoms with E-state index in [0.717, 1.165) is 10.7 Å². The third-order valence-electron chi connectivity index (χ3n) is 5.26. The lowest BCUT2D eigenvalue weighted by Gasteiger charge is -2.44. The largest absolute Gasteiger partial charge is 0.467 e. The number of nitrogens with zero attached hydrogens (tertiary/aromatic N) is 1. The van der Waals surface area contributed by atoms with Gasteiger partial charge in [-0.25, -0.2) is 0 Å². The lowest BCUT2D eigenvalue weighted by Crippen LogP contribution is -2.61. The molecule has 1 saturated heterocycles. The molecule has 1 spiro atoms. The van der Waals surface area contributed by atoms with Gasteiger partial charge in [0.1, 0.15) is 5.75 Å². The van der Waals surface area contributed by atoms with Crippen molar-refractivity contribution in [2.75, 3.05) is 18.8 Å². The van der Waals surface area contributed by atoms with Gasteiger partial charge in [0, 0.05) is 47.7 Å². The second-order valence-corrected chi connectivity index (χ2v) is 8.41. The van der Waals surface area contributed by atoms with Crippen LogP contribution in [-0.2, 0) is 0 Å². The topological polar surface area (TPSA) is 109 Å². The highest BCUT2D eigenvalue weighted by molar-refractivity contribution is 9.10. The number of ether oxygens (including phenoxy) is 1. The van der Waals surface area contributed by atoms with Crippen LogP contribution in [0.25, 0.3) is 0 Å². The molecule has 0 aromatic heterocycles. The number of piperidine rings is 1. The van der Waals surface area contributed by atoms with Gasteiger partial charge in [0.25, 0.3) is 11.8 Å². The molecule has 2 amide bonds. The predicted molar refractivity (Wildman–Crippen MR) is 114 cm³/mol. The first-order valence-corrected chi connectivity index (χ1v) is 10.2. The van der Waals surface area contributed by atoms with Gasteiger partial charge in [0.15, 0.2) is 5.72 Å². The summed E-state index contributed by atoms with van der Waals surface area (Å²) in [6.45, 7) is 0.819. The highest BCUT2D eigenvalue weighted by Crippen LogP contribution is 2.35. The summed E-state index contributed by atoms with van der Waals surface area (Å²) in [6, 6.07) is 8.40. The smallest absolute Gasteiger partial charge is 0.258 e. The maximum atomic E-state index is 12.9. The van der Waals surface area contributed by atoms with E-state index in [1.165, 1.54) is 6.07 Å². The molecule has 4 rings (SSSR count). The van der Waals surface area contributed by atoms with E-state index in [1.54, 1.807) is 23.1 Å². The molecule has 150 valence electrons. The van der Waals surface area contributed by atoms with Gasteiger partial charge >= 0.3 is 0 Å². The van der Waals surface area contributed by atoms with Crippen molar-refractivity contribution in [2.45, 2.75) is 18.6 Å². The van der Waals surface area contributed by atoms with Crippen molar-refractivity contribution in [3.05, 3.63) is 56.5 Å². The number of rotatable bonds is 2. The number of benzene rings is 2.